The van der Waals surface area contributed by atoms with Crippen LogP contribution in [0.2, 0.25) is 15.1 Å². The molecule has 0 saturated carbocycles. The van der Waals surface area contributed by atoms with E-state index in [-0.39, 0.29) is 5.02 Å². The smallest absolute Gasteiger partial charge is 0.292 e. The van der Waals surface area contributed by atoms with Gasteiger partial charge in [-0.2, -0.15) is 9.78 Å². The summed E-state index contributed by atoms with van der Waals surface area (Å²) in [7, 11) is 1.55. The Labute approximate surface area is 124 Å². The normalized spacial score (nSPS) is 10.6. The summed E-state index contributed by atoms with van der Waals surface area (Å²) in [5, 5.41) is 5.92. The molecule has 0 saturated heterocycles. The van der Waals surface area contributed by atoms with Gasteiger partial charge in [0.25, 0.3) is 5.56 Å². The van der Waals surface area contributed by atoms with E-state index in [0.29, 0.717) is 21.4 Å². The lowest BCUT2D eigenvalue weighted by Crippen LogP contribution is -2.30. The Morgan fingerprint density at radius 1 is 1.32 bits per heavy atom. The minimum Gasteiger partial charge on any atom is -0.311 e. The summed E-state index contributed by atoms with van der Waals surface area (Å²) >= 11 is 17.9. The quantitative estimate of drug-likeness (QED) is 0.682. The van der Waals surface area contributed by atoms with Crippen molar-refractivity contribution in [3.63, 3.8) is 0 Å². The molecule has 2 rings (SSSR count). The molecular formula is C11H9Cl3N4O. The summed E-state index contributed by atoms with van der Waals surface area (Å²) in [6.45, 7) is 0. The largest absolute Gasteiger partial charge is 0.311 e. The van der Waals surface area contributed by atoms with Gasteiger partial charge in [-0.05, 0) is 18.2 Å². The highest BCUT2D eigenvalue weighted by molar-refractivity contribution is 6.34. The first kappa shape index (κ1) is 14.1. The van der Waals surface area contributed by atoms with Crippen LogP contribution in [0.25, 0.3) is 5.69 Å². The van der Waals surface area contributed by atoms with E-state index in [1.54, 1.807) is 19.2 Å². The lowest BCUT2D eigenvalue weighted by Gasteiger charge is -2.14. The van der Waals surface area contributed by atoms with Crippen molar-refractivity contribution < 1.29 is 0 Å². The Kier molecular flexibility index (Phi) is 4.01. The van der Waals surface area contributed by atoms with Gasteiger partial charge in [-0.3, -0.25) is 4.79 Å². The van der Waals surface area contributed by atoms with Gasteiger partial charge in [0.05, 0.1) is 22.6 Å². The average molecular weight is 320 g/mol. The second kappa shape index (κ2) is 5.38. The first-order chi connectivity index (χ1) is 8.91. The average Bonchev–Trinajstić information content (AvgIpc) is 2.35. The SMILES string of the molecule is CN(N)c1cnn(-c2cc(Cl)ccc2Cl)c(=O)c1Cl. The number of hydrazine groups is 1. The fourth-order valence-electron chi connectivity index (χ4n) is 1.49. The van der Waals surface area contributed by atoms with E-state index < -0.39 is 5.56 Å². The standard InChI is InChI=1S/C11H9Cl3N4O/c1-17(15)9-5-16-18(11(19)10(9)14)8-4-6(12)2-3-7(8)13/h2-5H,15H2,1H3. The molecule has 0 aliphatic heterocycles. The van der Waals surface area contributed by atoms with Crippen LogP contribution in [0, 0.1) is 0 Å². The van der Waals surface area contributed by atoms with Crippen molar-refractivity contribution in [3.05, 3.63) is 49.8 Å². The van der Waals surface area contributed by atoms with Crippen molar-refractivity contribution in [1.82, 2.24) is 9.78 Å². The Balaban J connectivity index is 2.68. The number of anilines is 1. The van der Waals surface area contributed by atoms with Crippen LogP contribution in [0.4, 0.5) is 5.69 Å². The van der Waals surface area contributed by atoms with Gasteiger partial charge >= 0.3 is 0 Å². The highest BCUT2D eigenvalue weighted by Crippen LogP contribution is 2.24. The number of nitrogens with zero attached hydrogens (tertiary/aromatic N) is 3. The van der Waals surface area contributed by atoms with Crippen molar-refractivity contribution in [1.29, 1.82) is 0 Å². The van der Waals surface area contributed by atoms with Crippen LogP contribution in [0.1, 0.15) is 0 Å². The molecule has 0 aliphatic rings. The Bertz CT molecular complexity index is 684. The molecule has 1 aromatic heterocycles. The van der Waals surface area contributed by atoms with E-state index in [4.69, 9.17) is 40.6 Å². The van der Waals surface area contributed by atoms with Crippen molar-refractivity contribution in [2.75, 3.05) is 12.1 Å². The second-order valence-corrected chi connectivity index (χ2v) is 4.99. The highest BCUT2D eigenvalue weighted by Gasteiger charge is 2.14. The molecule has 19 heavy (non-hydrogen) atoms. The first-order valence-electron chi connectivity index (χ1n) is 5.13. The van der Waals surface area contributed by atoms with Gasteiger partial charge in [0.2, 0.25) is 0 Å². The van der Waals surface area contributed by atoms with Crippen molar-refractivity contribution in [2.24, 2.45) is 5.84 Å². The molecule has 0 aliphatic carbocycles. The summed E-state index contributed by atoms with van der Waals surface area (Å²) in [4.78, 5) is 12.1. The molecule has 0 atom stereocenters. The van der Waals surface area contributed by atoms with Crippen LogP contribution in [0.3, 0.4) is 0 Å². The van der Waals surface area contributed by atoms with Gasteiger partial charge in [0, 0.05) is 12.1 Å². The molecule has 5 nitrogen and oxygen atoms in total. The molecule has 2 aromatic rings. The molecule has 1 heterocycles. The first-order valence-corrected chi connectivity index (χ1v) is 6.27. The van der Waals surface area contributed by atoms with Gasteiger partial charge in [0.15, 0.2) is 0 Å². The van der Waals surface area contributed by atoms with Gasteiger partial charge in [-0.1, -0.05) is 34.8 Å². The number of halogens is 3. The molecule has 100 valence electrons. The van der Waals surface area contributed by atoms with Gasteiger partial charge in [-0.15, -0.1) is 0 Å². The highest BCUT2D eigenvalue weighted by atomic mass is 35.5. The van der Waals surface area contributed by atoms with E-state index in [1.807, 2.05) is 0 Å². The van der Waals surface area contributed by atoms with Crippen LogP contribution in [0.15, 0.2) is 29.2 Å². The third-order valence-electron chi connectivity index (χ3n) is 2.42. The second-order valence-electron chi connectivity index (χ2n) is 3.77. The molecule has 0 unspecified atom stereocenters. The van der Waals surface area contributed by atoms with Crippen LogP contribution < -0.4 is 16.4 Å². The molecule has 0 amide bonds. The summed E-state index contributed by atoms with van der Waals surface area (Å²) in [6.07, 6.45) is 1.38. The predicted octanol–water partition coefficient (Wildman–Crippen LogP) is 2.50. The lowest BCUT2D eigenvalue weighted by atomic mass is 10.3. The molecular weight excluding hydrogens is 311 g/mol. The minimum atomic E-state index is -0.527. The number of nitrogens with two attached hydrogens (primary N) is 1. The van der Waals surface area contributed by atoms with E-state index in [0.717, 1.165) is 4.68 Å². The number of aromatic nitrogens is 2. The summed E-state index contributed by atoms with van der Waals surface area (Å²) in [5.41, 5.74) is 0.147. The predicted molar refractivity (Wildman–Crippen MR) is 77.5 cm³/mol. The molecule has 2 N–H and O–H groups in total. The van der Waals surface area contributed by atoms with Crippen LogP contribution in [0.5, 0.6) is 0 Å². The maximum atomic E-state index is 12.1. The van der Waals surface area contributed by atoms with E-state index in [9.17, 15) is 4.79 Å². The fourth-order valence-corrected chi connectivity index (χ4v) is 2.12. The van der Waals surface area contributed by atoms with Gasteiger partial charge < -0.3 is 5.01 Å². The minimum absolute atomic E-state index is 0.0453. The van der Waals surface area contributed by atoms with E-state index in [1.165, 1.54) is 17.3 Å². The molecule has 0 spiro atoms. The number of benzene rings is 1. The number of hydrogen-bond donors (Lipinski definition) is 1. The summed E-state index contributed by atoms with van der Waals surface area (Å²) in [5.74, 6) is 5.54. The molecule has 1 aromatic carbocycles. The number of rotatable bonds is 2. The molecule has 0 fully saturated rings. The van der Waals surface area contributed by atoms with E-state index >= 15 is 0 Å². The van der Waals surface area contributed by atoms with Crippen molar-refractivity contribution in [3.8, 4) is 5.69 Å². The maximum absolute atomic E-state index is 12.1. The maximum Gasteiger partial charge on any atom is 0.292 e. The zero-order valence-electron chi connectivity index (χ0n) is 9.77. The third-order valence-corrected chi connectivity index (χ3v) is 3.33. The monoisotopic (exact) mass is 318 g/mol. The van der Waals surface area contributed by atoms with Gasteiger partial charge in [-0.25, -0.2) is 5.84 Å². The Hall–Kier alpha value is -1.27. The summed E-state index contributed by atoms with van der Waals surface area (Å²) < 4.78 is 1.07. The number of hydrogen-bond acceptors (Lipinski definition) is 4. The Morgan fingerprint density at radius 2 is 2.00 bits per heavy atom. The third kappa shape index (κ3) is 2.69. The molecule has 0 bridgehead atoms. The fraction of sp³-hybridized carbons (Fsp3) is 0.0909. The zero-order chi connectivity index (χ0) is 14.2. The Morgan fingerprint density at radius 3 is 2.63 bits per heavy atom. The van der Waals surface area contributed by atoms with Crippen LogP contribution in [-0.4, -0.2) is 16.8 Å². The van der Waals surface area contributed by atoms with Crippen LogP contribution >= 0.6 is 34.8 Å². The van der Waals surface area contributed by atoms with Crippen molar-refractivity contribution >= 4 is 40.5 Å². The zero-order valence-corrected chi connectivity index (χ0v) is 12.0. The van der Waals surface area contributed by atoms with Crippen molar-refractivity contribution in [2.45, 2.75) is 0 Å². The molecule has 8 heteroatoms. The van der Waals surface area contributed by atoms with Gasteiger partial charge in [0.1, 0.15) is 5.02 Å². The topological polar surface area (TPSA) is 64.2 Å². The lowest BCUT2D eigenvalue weighted by molar-refractivity contribution is 0.800. The van der Waals surface area contributed by atoms with Crippen LogP contribution in [-0.2, 0) is 0 Å². The molecule has 0 radical (unpaired) electrons. The van der Waals surface area contributed by atoms with E-state index in [2.05, 4.69) is 5.10 Å². The summed E-state index contributed by atoms with van der Waals surface area (Å²) in [6, 6.07) is 4.72.